The van der Waals surface area contributed by atoms with Gasteiger partial charge in [0.25, 0.3) is 0 Å². The molecule has 0 radical (unpaired) electrons. The first kappa shape index (κ1) is 16.0. The first-order chi connectivity index (χ1) is 11.6. The van der Waals surface area contributed by atoms with Crippen LogP contribution in [0.15, 0.2) is 18.2 Å². The molecule has 1 aliphatic heterocycles. The lowest BCUT2D eigenvalue weighted by Gasteiger charge is -2.42. The molecule has 4 heteroatoms. The number of aryl methyl sites for hydroxylation is 1. The highest BCUT2D eigenvalue weighted by molar-refractivity contribution is 5.85. The minimum atomic E-state index is -0.103. The zero-order chi connectivity index (χ0) is 16.7. The van der Waals surface area contributed by atoms with Gasteiger partial charge in [-0.3, -0.25) is 4.90 Å². The van der Waals surface area contributed by atoms with Crippen LogP contribution in [0.1, 0.15) is 43.4 Å². The van der Waals surface area contributed by atoms with E-state index in [4.69, 9.17) is 4.74 Å². The zero-order valence-corrected chi connectivity index (χ0v) is 14.8. The number of H-pyrrole nitrogens is 1. The van der Waals surface area contributed by atoms with Gasteiger partial charge in [0.2, 0.25) is 0 Å². The van der Waals surface area contributed by atoms with Crippen molar-refractivity contribution in [3.8, 4) is 5.75 Å². The van der Waals surface area contributed by atoms with E-state index in [0.29, 0.717) is 0 Å². The molecular weight excluding hydrogens is 300 g/mol. The van der Waals surface area contributed by atoms with Gasteiger partial charge in [0.05, 0.1) is 13.2 Å². The van der Waals surface area contributed by atoms with E-state index in [0.717, 1.165) is 31.8 Å². The molecule has 2 N–H and O–H groups in total. The Labute approximate surface area is 143 Å². The van der Waals surface area contributed by atoms with Crippen molar-refractivity contribution in [1.82, 2.24) is 9.88 Å². The van der Waals surface area contributed by atoms with Gasteiger partial charge in [-0.25, -0.2) is 0 Å². The molecule has 0 amide bonds. The van der Waals surface area contributed by atoms with Crippen LogP contribution in [0.5, 0.6) is 5.75 Å². The van der Waals surface area contributed by atoms with Crippen LogP contribution < -0.4 is 4.74 Å². The number of methoxy groups -OCH3 is 1. The molecule has 4 rings (SSSR count). The van der Waals surface area contributed by atoms with Gasteiger partial charge < -0.3 is 14.8 Å². The summed E-state index contributed by atoms with van der Waals surface area (Å²) in [6, 6.07) is 6.22. The predicted octanol–water partition coefficient (Wildman–Crippen LogP) is 3.61. The fourth-order valence-corrected chi connectivity index (χ4v) is 4.86. The minimum absolute atomic E-state index is 0.103. The van der Waals surface area contributed by atoms with Crippen LogP contribution >= 0.6 is 0 Å². The fraction of sp³-hybridized carbons (Fsp3) is 0.600. The van der Waals surface area contributed by atoms with Crippen molar-refractivity contribution >= 4 is 10.9 Å². The molecule has 1 aromatic carbocycles. The van der Waals surface area contributed by atoms with Crippen molar-refractivity contribution in [1.29, 1.82) is 0 Å². The number of rotatable bonds is 3. The molecule has 0 bridgehead atoms. The van der Waals surface area contributed by atoms with Crippen LogP contribution in [-0.4, -0.2) is 41.3 Å². The maximum Gasteiger partial charge on any atom is 0.119 e. The first-order valence-electron chi connectivity index (χ1n) is 9.17. The Morgan fingerprint density at radius 3 is 2.92 bits per heavy atom. The van der Waals surface area contributed by atoms with E-state index < -0.39 is 0 Å². The summed E-state index contributed by atoms with van der Waals surface area (Å²) in [5, 5.41) is 11.7. The molecule has 1 aliphatic carbocycles. The number of benzene rings is 1. The molecule has 1 saturated heterocycles. The van der Waals surface area contributed by atoms with Gasteiger partial charge in [-0.1, -0.05) is 6.42 Å². The summed E-state index contributed by atoms with van der Waals surface area (Å²) in [5.74, 6) is 0.905. The highest BCUT2D eigenvalue weighted by atomic mass is 16.5. The van der Waals surface area contributed by atoms with Crippen molar-refractivity contribution in [3.63, 3.8) is 0 Å². The average Bonchev–Trinajstić information content (AvgIpc) is 3.08. The number of aliphatic hydroxyl groups is 1. The Balaban J connectivity index is 1.56. The summed E-state index contributed by atoms with van der Waals surface area (Å²) in [6.07, 6.45) is 5.64. The maximum atomic E-state index is 10.5. The molecule has 2 aromatic rings. The SMILES string of the molecule is COc1ccc2[nH]c(CN3CCC[C@]4(CCC[C@H]4O)C3)c(C)c2c1. The van der Waals surface area contributed by atoms with Crippen molar-refractivity contribution in [2.24, 2.45) is 5.41 Å². The lowest BCUT2D eigenvalue weighted by atomic mass is 9.76. The van der Waals surface area contributed by atoms with Crippen molar-refractivity contribution in [2.75, 3.05) is 20.2 Å². The number of nitrogens with zero attached hydrogens (tertiary/aromatic N) is 1. The summed E-state index contributed by atoms with van der Waals surface area (Å²) in [4.78, 5) is 6.13. The third kappa shape index (κ3) is 2.62. The van der Waals surface area contributed by atoms with E-state index >= 15 is 0 Å². The van der Waals surface area contributed by atoms with Crippen LogP contribution in [0.4, 0.5) is 0 Å². The summed E-state index contributed by atoms with van der Waals surface area (Å²) in [6.45, 7) is 5.30. The second kappa shape index (κ2) is 6.08. The number of hydrogen-bond acceptors (Lipinski definition) is 3. The Hall–Kier alpha value is -1.52. The van der Waals surface area contributed by atoms with Gasteiger partial charge in [0, 0.05) is 35.1 Å². The highest BCUT2D eigenvalue weighted by Gasteiger charge is 2.44. The molecule has 24 heavy (non-hydrogen) atoms. The van der Waals surface area contributed by atoms with Crippen LogP contribution in [-0.2, 0) is 6.54 Å². The molecule has 1 saturated carbocycles. The van der Waals surface area contributed by atoms with E-state index in [1.54, 1.807) is 7.11 Å². The number of likely N-dealkylation sites (tertiary alicyclic amines) is 1. The minimum Gasteiger partial charge on any atom is -0.497 e. The van der Waals surface area contributed by atoms with E-state index in [-0.39, 0.29) is 11.5 Å². The maximum absolute atomic E-state index is 10.5. The highest BCUT2D eigenvalue weighted by Crippen LogP contribution is 2.45. The molecule has 2 fully saturated rings. The number of ether oxygens (including phenoxy) is 1. The number of piperidine rings is 1. The smallest absolute Gasteiger partial charge is 0.119 e. The van der Waals surface area contributed by atoms with E-state index in [9.17, 15) is 5.11 Å². The number of nitrogens with one attached hydrogen (secondary N) is 1. The van der Waals surface area contributed by atoms with Crippen LogP contribution in [0.25, 0.3) is 10.9 Å². The molecule has 1 aromatic heterocycles. The molecule has 2 heterocycles. The number of aromatic amines is 1. The Bertz CT molecular complexity index is 739. The second-order valence-corrected chi connectivity index (χ2v) is 7.72. The Morgan fingerprint density at radius 1 is 1.33 bits per heavy atom. The quantitative estimate of drug-likeness (QED) is 0.905. The summed E-state index contributed by atoms with van der Waals surface area (Å²) < 4.78 is 5.36. The lowest BCUT2D eigenvalue weighted by molar-refractivity contribution is -0.0123. The predicted molar refractivity (Wildman–Crippen MR) is 96.4 cm³/mol. The largest absolute Gasteiger partial charge is 0.497 e. The third-order valence-electron chi connectivity index (χ3n) is 6.30. The molecule has 0 unspecified atom stereocenters. The Kier molecular flexibility index (Phi) is 4.05. The molecule has 2 atom stereocenters. The third-order valence-corrected chi connectivity index (χ3v) is 6.30. The average molecular weight is 328 g/mol. The van der Waals surface area contributed by atoms with Gasteiger partial charge in [0.1, 0.15) is 5.75 Å². The number of hydrogen-bond donors (Lipinski definition) is 2. The van der Waals surface area contributed by atoms with E-state index in [1.807, 2.05) is 6.07 Å². The lowest BCUT2D eigenvalue weighted by Crippen LogP contribution is -2.46. The topological polar surface area (TPSA) is 48.5 Å². The zero-order valence-electron chi connectivity index (χ0n) is 14.8. The summed E-state index contributed by atoms with van der Waals surface area (Å²) in [5.41, 5.74) is 3.94. The monoisotopic (exact) mass is 328 g/mol. The number of fused-ring (bicyclic) bond motifs is 1. The van der Waals surface area contributed by atoms with Gasteiger partial charge >= 0.3 is 0 Å². The fourth-order valence-electron chi connectivity index (χ4n) is 4.86. The standard InChI is InChI=1S/C20H28N2O2/c1-14-16-11-15(24-2)6-7-17(16)21-18(14)12-22-10-4-9-20(13-22)8-3-5-19(20)23/h6-7,11,19,21,23H,3-5,8-10,12-13H2,1-2H3/t19-,20-/m1/s1. The first-order valence-corrected chi connectivity index (χ1v) is 9.17. The second-order valence-electron chi connectivity index (χ2n) is 7.72. The Morgan fingerprint density at radius 2 is 2.17 bits per heavy atom. The molecular formula is C20H28N2O2. The van der Waals surface area contributed by atoms with Crippen molar-refractivity contribution in [2.45, 2.75) is 51.7 Å². The van der Waals surface area contributed by atoms with Gasteiger partial charge in [-0.05, 0) is 62.9 Å². The van der Waals surface area contributed by atoms with Gasteiger partial charge in [-0.2, -0.15) is 0 Å². The van der Waals surface area contributed by atoms with Crippen LogP contribution in [0, 0.1) is 12.3 Å². The number of aliphatic hydroxyl groups excluding tert-OH is 1. The molecule has 4 nitrogen and oxygen atoms in total. The van der Waals surface area contributed by atoms with Crippen molar-refractivity contribution in [3.05, 3.63) is 29.5 Å². The van der Waals surface area contributed by atoms with Crippen molar-refractivity contribution < 1.29 is 9.84 Å². The molecule has 130 valence electrons. The van der Waals surface area contributed by atoms with Gasteiger partial charge in [0.15, 0.2) is 0 Å². The summed E-state index contributed by atoms with van der Waals surface area (Å²) in [7, 11) is 1.71. The van der Waals surface area contributed by atoms with E-state index in [1.165, 1.54) is 47.8 Å². The van der Waals surface area contributed by atoms with E-state index in [2.05, 4.69) is 28.9 Å². The normalized spacial score (nSPS) is 28.0. The number of aromatic nitrogens is 1. The van der Waals surface area contributed by atoms with Crippen LogP contribution in [0.3, 0.4) is 0 Å². The molecule has 1 spiro atoms. The summed E-state index contributed by atoms with van der Waals surface area (Å²) >= 11 is 0. The molecule has 2 aliphatic rings. The van der Waals surface area contributed by atoms with Gasteiger partial charge in [-0.15, -0.1) is 0 Å². The van der Waals surface area contributed by atoms with Crippen LogP contribution in [0.2, 0.25) is 0 Å².